The van der Waals surface area contributed by atoms with E-state index in [2.05, 4.69) is 5.32 Å². The lowest BCUT2D eigenvalue weighted by molar-refractivity contribution is -0.117. The average molecular weight is 331 g/mol. The molecule has 0 unspecified atom stereocenters. The van der Waals surface area contributed by atoms with Gasteiger partial charge in [-0.3, -0.25) is 4.79 Å². The Morgan fingerprint density at radius 3 is 2.74 bits per heavy atom. The molecule has 0 saturated carbocycles. The van der Waals surface area contributed by atoms with Crippen molar-refractivity contribution in [2.75, 3.05) is 20.3 Å². The molecule has 0 aliphatic carbocycles. The van der Waals surface area contributed by atoms with Crippen LogP contribution in [0.1, 0.15) is 5.76 Å². The van der Waals surface area contributed by atoms with Crippen molar-refractivity contribution in [1.82, 2.24) is 5.32 Å². The molecular formula is C17H15ClN2O3. The molecule has 0 bridgehead atoms. The number of carbonyl (C=O) groups excluding carboxylic acids is 1. The number of nitrogens with zero attached hydrogens (tertiary/aromatic N) is 1. The van der Waals surface area contributed by atoms with Gasteiger partial charge in [0.1, 0.15) is 23.2 Å². The second-order valence-electron chi connectivity index (χ2n) is 4.63. The first kappa shape index (κ1) is 16.8. The predicted molar refractivity (Wildman–Crippen MR) is 87.6 cm³/mol. The summed E-state index contributed by atoms with van der Waals surface area (Å²) >= 11 is 5.85. The Hall–Kier alpha value is -2.55. The van der Waals surface area contributed by atoms with E-state index < -0.39 is 5.91 Å². The molecule has 5 nitrogen and oxygen atoms in total. The molecule has 0 saturated heterocycles. The molecule has 1 amide bonds. The smallest absolute Gasteiger partial charge is 0.262 e. The van der Waals surface area contributed by atoms with Gasteiger partial charge >= 0.3 is 0 Å². The lowest BCUT2D eigenvalue weighted by Crippen LogP contribution is -2.27. The maximum atomic E-state index is 11.9. The number of ether oxygens (including phenoxy) is 1. The number of halogens is 1. The summed E-state index contributed by atoms with van der Waals surface area (Å²) in [7, 11) is 1.54. The Balaban J connectivity index is 2.13. The third-order valence-corrected chi connectivity index (χ3v) is 3.25. The number of nitrogens with one attached hydrogen (secondary N) is 1. The van der Waals surface area contributed by atoms with E-state index in [9.17, 15) is 4.79 Å². The zero-order valence-electron chi connectivity index (χ0n) is 12.5. The van der Waals surface area contributed by atoms with Gasteiger partial charge in [0.2, 0.25) is 0 Å². The highest BCUT2D eigenvalue weighted by molar-refractivity contribution is 6.30. The third kappa shape index (κ3) is 4.71. The molecule has 0 aliphatic heterocycles. The van der Waals surface area contributed by atoms with Crippen molar-refractivity contribution in [3.63, 3.8) is 0 Å². The van der Waals surface area contributed by atoms with Gasteiger partial charge in [-0.2, -0.15) is 5.26 Å². The van der Waals surface area contributed by atoms with Crippen LogP contribution in [0.5, 0.6) is 0 Å². The quantitative estimate of drug-likeness (QED) is 0.501. The molecule has 6 heteroatoms. The summed E-state index contributed by atoms with van der Waals surface area (Å²) in [5, 5.41) is 12.3. The maximum Gasteiger partial charge on any atom is 0.262 e. The monoisotopic (exact) mass is 330 g/mol. The van der Waals surface area contributed by atoms with Gasteiger partial charge in [0.25, 0.3) is 5.91 Å². The largest absolute Gasteiger partial charge is 0.457 e. The van der Waals surface area contributed by atoms with Crippen molar-refractivity contribution >= 4 is 23.6 Å². The SMILES string of the molecule is COCCNC(=O)/C(C#N)=C/c1ccc(-c2ccc(Cl)cc2)o1. The summed E-state index contributed by atoms with van der Waals surface area (Å²) in [6.45, 7) is 0.717. The lowest BCUT2D eigenvalue weighted by atomic mass is 10.2. The van der Waals surface area contributed by atoms with E-state index in [1.54, 1.807) is 24.3 Å². The molecule has 0 spiro atoms. The molecular weight excluding hydrogens is 316 g/mol. The molecule has 2 rings (SSSR count). The van der Waals surface area contributed by atoms with Gasteiger partial charge < -0.3 is 14.5 Å². The van der Waals surface area contributed by atoms with E-state index in [-0.39, 0.29) is 5.57 Å². The number of hydrogen-bond donors (Lipinski definition) is 1. The molecule has 1 heterocycles. The van der Waals surface area contributed by atoms with Gasteiger partial charge in [0.15, 0.2) is 0 Å². The summed E-state index contributed by atoms with van der Waals surface area (Å²) in [5.74, 6) is 0.590. The summed E-state index contributed by atoms with van der Waals surface area (Å²) in [6, 6.07) is 12.5. The van der Waals surface area contributed by atoms with Crippen molar-refractivity contribution in [1.29, 1.82) is 5.26 Å². The summed E-state index contributed by atoms with van der Waals surface area (Å²) in [5.41, 5.74) is 0.829. The van der Waals surface area contributed by atoms with Crippen molar-refractivity contribution in [3.8, 4) is 17.4 Å². The third-order valence-electron chi connectivity index (χ3n) is 3.00. The number of methoxy groups -OCH3 is 1. The lowest BCUT2D eigenvalue weighted by Gasteiger charge is -2.02. The maximum absolute atomic E-state index is 11.9. The van der Waals surface area contributed by atoms with Gasteiger partial charge in [-0.1, -0.05) is 11.6 Å². The summed E-state index contributed by atoms with van der Waals surface area (Å²) < 4.78 is 10.5. The number of nitriles is 1. The molecule has 1 N–H and O–H groups in total. The standard InChI is InChI=1S/C17H15ClN2O3/c1-22-9-8-20-17(21)13(11-19)10-15-6-7-16(23-15)12-2-4-14(18)5-3-12/h2-7,10H,8-9H2,1H3,(H,20,21)/b13-10+. The minimum absolute atomic E-state index is 0.0295. The van der Waals surface area contributed by atoms with Gasteiger partial charge in [-0.15, -0.1) is 0 Å². The van der Waals surface area contributed by atoms with E-state index in [0.29, 0.717) is 29.7 Å². The van der Waals surface area contributed by atoms with Crippen LogP contribution in [0.3, 0.4) is 0 Å². The Morgan fingerprint density at radius 2 is 2.09 bits per heavy atom. The van der Waals surface area contributed by atoms with Crippen molar-refractivity contribution in [3.05, 3.63) is 52.8 Å². The van der Waals surface area contributed by atoms with Gasteiger partial charge in [0, 0.05) is 30.3 Å². The average Bonchev–Trinajstić information content (AvgIpc) is 3.02. The predicted octanol–water partition coefficient (Wildman–Crippen LogP) is 3.27. The van der Waals surface area contributed by atoms with Crippen LogP contribution >= 0.6 is 11.6 Å². The van der Waals surface area contributed by atoms with Gasteiger partial charge in [-0.25, -0.2) is 0 Å². The Bertz CT molecular complexity index is 742. The van der Waals surface area contributed by atoms with Crippen LogP contribution in [0.4, 0.5) is 0 Å². The minimum atomic E-state index is -0.464. The van der Waals surface area contributed by atoms with Crippen molar-refractivity contribution in [2.24, 2.45) is 0 Å². The van der Waals surface area contributed by atoms with Crippen LogP contribution in [0.15, 0.2) is 46.4 Å². The number of hydrogen-bond acceptors (Lipinski definition) is 4. The van der Waals surface area contributed by atoms with E-state index >= 15 is 0 Å². The summed E-state index contributed by atoms with van der Waals surface area (Å²) in [6.07, 6.45) is 1.40. The van der Waals surface area contributed by atoms with Crippen LogP contribution in [-0.2, 0) is 9.53 Å². The number of furan rings is 1. The van der Waals surface area contributed by atoms with E-state index in [1.807, 2.05) is 18.2 Å². The fourth-order valence-electron chi connectivity index (χ4n) is 1.85. The van der Waals surface area contributed by atoms with Crippen LogP contribution in [0, 0.1) is 11.3 Å². The number of carbonyl (C=O) groups is 1. The van der Waals surface area contributed by atoms with Gasteiger partial charge in [-0.05, 0) is 36.4 Å². The molecule has 118 valence electrons. The first-order valence-corrected chi connectivity index (χ1v) is 7.26. The highest BCUT2D eigenvalue weighted by Gasteiger charge is 2.10. The Labute approximate surface area is 139 Å². The minimum Gasteiger partial charge on any atom is -0.457 e. The van der Waals surface area contributed by atoms with Crippen molar-refractivity contribution < 1.29 is 13.9 Å². The zero-order chi connectivity index (χ0) is 16.7. The molecule has 1 aromatic heterocycles. The Kier molecular flexibility index (Phi) is 5.98. The van der Waals surface area contributed by atoms with Crippen LogP contribution in [0.25, 0.3) is 17.4 Å². The highest BCUT2D eigenvalue weighted by Crippen LogP contribution is 2.24. The first-order valence-electron chi connectivity index (χ1n) is 6.88. The zero-order valence-corrected chi connectivity index (χ0v) is 13.3. The number of rotatable bonds is 6. The number of amides is 1. The molecule has 23 heavy (non-hydrogen) atoms. The van der Waals surface area contributed by atoms with E-state index in [1.165, 1.54) is 13.2 Å². The number of benzene rings is 1. The second-order valence-corrected chi connectivity index (χ2v) is 5.06. The molecule has 0 aliphatic rings. The normalized spacial score (nSPS) is 11.1. The fourth-order valence-corrected chi connectivity index (χ4v) is 1.98. The first-order chi connectivity index (χ1) is 11.1. The van der Waals surface area contributed by atoms with Gasteiger partial charge in [0.05, 0.1) is 6.61 Å². The topological polar surface area (TPSA) is 75.3 Å². The Morgan fingerprint density at radius 1 is 1.35 bits per heavy atom. The molecule has 0 fully saturated rings. The molecule has 0 radical (unpaired) electrons. The van der Waals surface area contributed by atoms with Crippen molar-refractivity contribution in [2.45, 2.75) is 0 Å². The van der Waals surface area contributed by atoms with Crippen LogP contribution in [0.2, 0.25) is 5.02 Å². The van der Waals surface area contributed by atoms with Crippen LogP contribution in [-0.4, -0.2) is 26.2 Å². The fraction of sp³-hybridized carbons (Fsp3) is 0.176. The van der Waals surface area contributed by atoms with Crippen LogP contribution < -0.4 is 5.32 Å². The highest BCUT2D eigenvalue weighted by atomic mass is 35.5. The molecule has 1 aromatic carbocycles. The molecule has 0 atom stereocenters. The van der Waals surface area contributed by atoms with E-state index in [4.69, 9.17) is 26.0 Å². The summed E-state index contributed by atoms with van der Waals surface area (Å²) in [4.78, 5) is 11.9. The van der Waals surface area contributed by atoms with E-state index in [0.717, 1.165) is 5.56 Å². The second kappa shape index (κ2) is 8.18. The molecule has 2 aromatic rings.